The van der Waals surface area contributed by atoms with Crippen LogP contribution in [0, 0.1) is 0 Å². The number of fused-ring (bicyclic) bond motifs is 1. The van der Waals surface area contributed by atoms with E-state index < -0.39 is 0 Å². The number of aromatic amines is 2. The lowest BCUT2D eigenvalue weighted by Crippen LogP contribution is -1.98. The zero-order chi connectivity index (χ0) is 26.2. The van der Waals surface area contributed by atoms with Gasteiger partial charge in [-0.25, -0.2) is 9.97 Å². The van der Waals surface area contributed by atoms with Gasteiger partial charge in [0.2, 0.25) is 0 Å². The Bertz CT molecular complexity index is 1620. The molecule has 11 nitrogen and oxygen atoms in total. The number of benzene rings is 2. The minimum absolute atomic E-state index is 0.115. The second kappa shape index (κ2) is 9.06. The first-order valence-electron chi connectivity index (χ1n) is 11.6. The van der Waals surface area contributed by atoms with E-state index in [0.717, 1.165) is 22.3 Å². The van der Waals surface area contributed by atoms with Crippen molar-refractivity contribution in [1.82, 2.24) is 24.9 Å². The number of rotatable bonds is 6. The summed E-state index contributed by atoms with van der Waals surface area (Å²) in [6.45, 7) is 0. The minimum Gasteiger partial charge on any atom is -0.508 e. The van der Waals surface area contributed by atoms with E-state index in [2.05, 4.69) is 35.6 Å². The fourth-order valence-corrected chi connectivity index (χ4v) is 4.37. The molecule has 0 saturated carbocycles. The highest BCUT2D eigenvalue weighted by molar-refractivity contribution is 5.92. The number of hydrogen-bond donors (Lipinski definition) is 8. The molecule has 11 heteroatoms. The quantitative estimate of drug-likeness (QED) is 0.113. The number of hydrogen-bond acceptors (Lipinski definition) is 9. The summed E-state index contributed by atoms with van der Waals surface area (Å²) in [5.41, 5.74) is 17.7. The van der Waals surface area contributed by atoms with Gasteiger partial charge in [-0.3, -0.25) is 4.98 Å². The highest BCUT2D eigenvalue weighted by atomic mass is 16.3. The molecule has 188 valence electrons. The first-order chi connectivity index (χ1) is 18.5. The molecule has 4 aromatic rings. The smallest absolute Gasteiger partial charge is 0.142 e. The number of nitrogen functional groups attached to an aromatic ring is 2. The Morgan fingerprint density at radius 1 is 0.605 bits per heavy atom. The third-order valence-electron chi connectivity index (χ3n) is 6.22. The van der Waals surface area contributed by atoms with Gasteiger partial charge in [0.05, 0.1) is 0 Å². The molecule has 2 aliphatic heterocycles. The molecule has 0 unspecified atom stereocenters. The van der Waals surface area contributed by atoms with Crippen LogP contribution in [0.25, 0.3) is 33.4 Å². The molecule has 0 saturated heterocycles. The third-order valence-corrected chi connectivity index (χ3v) is 6.22. The molecular weight excluding hydrogens is 482 g/mol. The SMILES string of the molecule is Nc1ccc(O)cc1-c1cc[nH]c1Nc1ncnc(Nc2[nH]ccc2-c2cc(O)ccc2N)c2cncc1-2. The first kappa shape index (κ1) is 22.7. The van der Waals surface area contributed by atoms with Gasteiger partial charge < -0.3 is 42.3 Å². The van der Waals surface area contributed by atoms with Crippen LogP contribution in [0.3, 0.4) is 0 Å². The summed E-state index contributed by atoms with van der Waals surface area (Å²) in [5.74, 6) is 2.55. The Morgan fingerprint density at radius 3 is 1.55 bits per heavy atom. The second-order valence-electron chi connectivity index (χ2n) is 8.63. The molecule has 0 radical (unpaired) electrons. The second-order valence-corrected chi connectivity index (χ2v) is 8.63. The van der Waals surface area contributed by atoms with Gasteiger partial charge in [0.1, 0.15) is 41.1 Å². The van der Waals surface area contributed by atoms with Crippen molar-refractivity contribution < 1.29 is 10.2 Å². The highest BCUT2D eigenvalue weighted by Gasteiger charge is 2.19. The van der Waals surface area contributed by atoms with Crippen molar-refractivity contribution in [1.29, 1.82) is 0 Å². The molecule has 10 N–H and O–H groups in total. The van der Waals surface area contributed by atoms with Gasteiger partial charge in [-0.05, 0) is 48.5 Å². The molecule has 0 spiro atoms. The van der Waals surface area contributed by atoms with E-state index in [0.29, 0.717) is 45.8 Å². The lowest BCUT2D eigenvalue weighted by molar-refractivity contribution is 0.475. The van der Waals surface area contributed by atoms with Gasteiger partial charge in [0.15, 0.2) is 0 Å². The molecular formula is C27H23N9O2. The van der Waals surface area contributed by atoms with E-state index in [4.69, 9.17) is 11.5 Å². The van der Waals surface area contributed by atoms with Crippen molar-refractivity contribution in [3.05, 3.63) is 79.6 Å². The number of H-pyrrole nitrogens is 2. The fourth-order valence-electron chi connectivity index (χ4n) is 4.37. The van der Waals surface area contributed by atoms with Crippen molar-refractivity contribution in [3.8, 4) is 44.9 Å². The number of nitrogens with two attached hydrogens (primary N) is 2. The van der Waals surface area contributed by atoms with Crippen LogP contribution in [0.4, 0.5) is 34.6 Å². The van der Waals surface area contributed by atoms with Crippen molar-refractivity contribution in [3.63, 3.8) is 0 Å². The van der Waals surface area contributed by atoms with Crippen LogP contribution in [0.2, 0.25) is 0 Å². The summed E-state index contributed by atoms with van der Waals surface area (Å²) < 4.78 is 0. The number of phenols is 2. The van der Waals surface area contributed by atoms with Gasteiger partial charge in [0.25, 0.3) is 0 Å². The molecule has 0 bridgehead atoms. The van der Waals surface area contributed by atoms with Crippen LogP contribution in [0.1, 0.15) is 0 Å². The van der Waals surface area contributed by atoms with E-state index in [9.17, 15) is 10.2 Å². The lowest BCUT2D eigenvalue weighted by Gasteiger charge is -2.12. The van der Waals surface area contributed by atoms with Gasteiger partial charge >= 0.3 is 0 Å². The molecule has 2 aromatic carbocycles. The van der Waals surface area contributed by atoms with Gasteiger partial charge in [0, 0.05) is 69.5 Å². The zero-order valence-corrected chi connectivity index (χ0v) is 19.9. The molecule has 0 atom stereocenters. The first-order valence-corrected chi connectivity index (χ1v) is 11.6. The van der Waals surface area contributed by atoms with Crippen LogP contribution in [-0.2, 0) is 0 Å². The maximum Gasteiger partial charge on any atom is 0.142 e. The third kappa shape index (κ3) is 4.03. The molecule has 4 heterocycles. The predicted molar refractivity (Wildman–Crippen MR) is 148 cm³/mol. The number of aromatic nitrogens is 5. The molecule has 0 aliphatic carbocycles. The normalized spacial score (nSPS) is 11.1. The Kier molecular flexibility index (Phi) is 5.42. The molecule has 0 amide bonds. The fraction of sp³-hybridized carbons (Fsp3) is 0. The van der Waals surface area contributed by atoms with Crippen LogP contribution in [-0.4, -0.2) is 35.1 Å². The Labute approximate surface area is 216 Å². The van der Waals surface area contributed by atoms with Crippen molar-refractivity contribution in [2.75, 3.05) is 22.1 Å². The van der Waals surface area contributed by atoms with Crippen LogP contribution >= 0.6 is 0 Å². The Morgan fingerprint density at radius 2 is 1.08 bits per heavy atom. The van der Waals surface area contributed by atoms with Crippen molar-refractivity contribution >= 4 is 34.6 Å². The molecule has 2 aliphatic rings. The Balaban J connectivity index is 1.34. The molecule has 0 fully saturated rings. The van der Waals surface area contributed by atoms with Gasteiger partial charge in [-0.2, -0.15) is 0 Å². The number of nitrogens with one attached hydrogen (secondary N) is 4. The summed E-state index contributed by atoms with van der Waals surface area (Å²) >= 11 is 0. The summed E-state index contributed by atoms with van der Waals surface area (Å²) in [4.78, 5) is 19.7. The minimum atomic E-state index is 0.115. The van der Waals surface area contributed by atoms with Crippen molar-refractivity contribution in [2.45, 2.75) is 0 Å². The number of nitrogens with zero attached hydrogens (tertiary/aromatic N) is 3. The average Bonchev–Trinajstić information content (AvgIpc) is 3.65. The molecule has 38 heavy (non-hydrogen) atoms. The van der Waals surface area contributed by atoms with E-state index in [-0.39, 0.29) is 11.5 Å². The summed E-state index contributed by atoms with van der Waals surface area (Å²) in [6.07, 6.45) is 8.39. The monoisotopic (exact) mass is 505 g/mol. The maximum atomic E-state index is 9.98. The zero-order valence-electron chi connectivity index (χ0n) is 19.9. The molecule has 2 aromatic heterocycles. The largest absolute Gasteiger partial charge is 0.508 e. The van der Waals surface area contributed by atoms with Gasteiger partial charge in [-0.15, -0.1) is 0 Å². The number of phenolic OH excluding ortho intramolecular Hbond substituents is 2. The van der Waals surface area contributed by atoms with Gasteiger partial charge in [-0.1, -0.05) is 0 Å². The van der Waals surface area contributed by atoms with E-state index >= 15 is 0 Å². The maximum absolute atomic E-state index is 9.98. The highest BCUT2D eigenvalue weighted by Crippen LogP contribution is 2.40. The van der Waals surface area contributed by atoms with Crippen LogP contribution in [0.15, 0.2) is 79.6 Å². The van der Waals surface area contributed by atoms with E-state index in [1.54, 1.807) is 61.2 Å². The summed E-state index contributed by atoms with van der Waals surface area (Å²) in [5, 5.41) is 26.6. The molecule has 6 rings (SSSR count). The lowest BCUT2D eigenvalue weighted by atomic mass is 10.1. The van der Waals surface area contributed by atoms with Crippen LogP contribution < -0.4 is 22.1 Å². The van der Waals surface area contributed by atoms with E-state index in [1.165, 1.54) is 6.33 Å². The summed E-state index contributed by atoms with van der Waals surface area (Å²) in [6, 6.07) is 13.3. The van der Waals surface area contributed by atoms with E-state index in [1.807, 2.05) is 12.1 Å². The average molecular weight is 506 g/mol. The number of anilines is 6. The number of aromatic hydroxyl groups is 2. The standard InChI is InChI=1S/C27H23N9O2/c28-22-3-1-14(37)9-18(22)16-5-7-31-24(16)35-26-20-11-30-12-21(20)27(34-13-33-26)36-25-17(6-8-32-25)19-10-15(38)2-4-23(19)29/h1-13,31-32,37-38H,28-29H2,(H2,33,34,35,36). The summed E-state index contributed by atoms with van der Waals surface area (Å²) in [7, 11) is 0. The van der Waals surface area contributed by atoms with Crippen molar-refractivity contribution in [2.24, 2.45) is 0 Å². The topological polar surface area (TPSA) is 187 Å². The van der Waals surface area contributed by atoms with Crippen LogP contribution in [0.5, 0.6) is 11.5 Å². The predicted octanol–water partition coefficient (Wildman–Crippen LogP) is 5.03. The Hall–Kier alpha value is -5.71.